The standard InChI is InChI=1S/C31H32FN7O2S/c1-38-11-9-17(10-12-38)23-6-8-27(37-36-23)33-24-14-20(16-39(2)31(24)41)28-22(32)5-7-26(34-28)35-30(40)25-15-21-18-3-4-19(13-18)29(21)42-25/h5-8,14-19H,3-4,9-13H2,1-2H3,(H,33,37)(H,34,35,40). The summed E-state index contributed by atoms with van der Waals surface area (Å²) in [7, 11) is 3.72. The third kappa shape index (κ3) is 5.00. The normalized spacial score (nSPS) is 20.1. The van der Waals surface area contributed by atoms with E-state index in [0.717, 1.165) is 31.6 Å². The Bertz CT molecular complexity index is 1700. The lowest BCUT2D eigenvalue weighted by atomic mass is 9.94. The minimum atomic E-state index is -0.563. The van der Waals surface area contributed by atoms with Gasteiger partial charge in [-0.1, -0.05) is 0 Å². The molecule has 0 aromatic carbocycles. The molecule has 2 atom stereocenters. The van der Waals surface area contributed by atoms with E-state index < -0.39 is 5.82 Å². The molecule has 1 aliphatic heterocycles. The van der Waals surface area contributed by atoms with Crippen LogP contribution in [0.3, 0.4) is 0 Å². The summed E-state index contributed by atoms with van der Waals surface area (Å²) in [6.07, 6.45) is 7.21. The van der Waals surface area contributed by atoms with Crippen molar-refractivity contribution < 1.29 is 9.18 Å². The molecule has 2 N–H and O–H groups in total. The second-order valence-corrected chi connectivity index (χ2v) is 12.8. The number of carbonyl (C=O) groups is 1. The van der Waals surface area contributed by atoms with Gasteiger partial charge in [-0.2, -0.15) is 5.10 Å². The molecule has 2 fully saturated rings. The summed E-state index contributed by atoms with van der Waals surface area (Å²) in [4.78, 5) is 34.7. The lowest BCUT2D eigenvalue weighted by Gasteiger charge is -2.28. The van der Waals surface area contributed by atoms with Gasteiger partial charge in [-0.15, -0.1) is 16.4 Å². The lowest BCUT2D eigenvalue weighted by molar-refractivity contribution is 0.103. The highest BCUT2D eigenvalue weighted by Gasteiger charge is 2.39. The van der Waals surface area contributed by atoms with Gasteiger partial charge in [0, 0.05) is 29.6 Å². The van der Waals surface area contributed by atoms with Gasteiger partial charge in [0.2, 0.25) is 0 Å². The van der Waals surface area contributed by atoms with Gasteiger partial charge >= 0.3 is 0 Å². The molecule has 0 spiro atoms. The van der Waals surface area contributed by atoms with Crippen LogP contribution in [0.1, 0.15) is 75.7 Å². The van der Waals surface area contributed by atoms with Crippen LogP contribution in [0.4, 0.5) is 21.7 Å². The molecular weight excluding hydrogens is 553 g/mol. The smallest absolute Gasteiger partial charge is 0.274 e. The van der Waals surface area contributed by atoms with Gasteiger partial charge in [-0.05, 0) is 106 Å². The zero-order chi connectivity index (χ0) is 29.0. The monoisotopic (exact) mass is 585 g/mol. The van der Waals surface area contributed by atoms with Gasteiger partial charge in [0.25, 0.3) is 11.5 Å². The molecule has 1 saturated heterocycles. The predicted molar refractivity (Wildman–Crippen MR) is 161 cm³/mol. The van der Waals surface area contributed by atoms with Crippen molar-refractivity contribution in [3.05, 3.63) is 79.8 Å². The number of carbonyl (C=O) groups excluding carboxylic acids is 1. The van der Waals surface area contributed by atoms with Crippen molar-refractivity contribution in [1.82, 2.24) is 24.6 Å². The fraction of sp³-hybridized carbons (Fsp3) is 0.387. The summed E-state index contributed by atoms with van der Waals surface area (Å²) >= 11 is 1.56. The van der Waals surface area contributed by atoms with E-state index in [1.807, 2.05) is 18.2 Å². The van der Waals surface area contributed by atoms with Crippen molar-refractivity contribution in [2.24, 2.45) is 7.05 Å². The van der Waals surface area contributed by atoms with Crippen LogP contribution in [-0.4, -0.2) is 50.7 Å². The number of nitrogens with one attached hydrogen (secondary N) is 2. The number of aromatic nitrogens is 4. The van der Waals surface area contributed by atoms with Gasteiger partial charge in [0.1, 0.15) is 23.0 Å². The van der Waals surface area contributed by atoms with E-state index in [-0.39, 0.29) is 28.7 Å². The number of anilines is 3. The minimum absolute atomic E-state index is 0.0295. The molecule has 5 heterocycles. The molecule has 42 heavy (non-hydrogen) atoms. The van der Waals surface area contributed by atoms with E-state index in [2.05, 4.69) is 37.8 Å². The van der Waals surface area contributed by atoms with Crippen LogP contribution in [0.25, 0.3) is 11.3 Å². The number of fused-ring (bicyclic) bond motifs is 5. The number of amides is 1. The molecule has 0 radical (unpaired) electrons. The van der Waals surface area contributed by atoms with Crippen molar-refractivity contribution in [3.63, 3.8) is 0 Å². The Morgan fingerprint density at radius 2 is 1.76 bits per heavy atom. The molecule has 1 amide bonds. The first-order chi connectivity index (χ1) is 20.3. The Balaban J connectivity index is 1.10. The van der Waals surface area contributed by atoms with Crippen LogP contribution < -0.4 is 16.2 Å². The van der Waals surface area contributed by atoms with E-state index in [4.69, 9.17) is 0 Å². The highest BCUT2D eigenvalue weighted by atomic mass is 32.1. The van der Waals surface area contributed by atoms with Crippen molar-refractivity contribution in [2.75, 3.05) is 30.8 Å². The number of hydrogen-bond donors (Lipinski definition) is 2. The van der Waals surface area contributed by atoms with E-state index in [9.17, 15) is 9.59 Å². The quantitative estimate of drug-likeness (QED) is 0.303. The fourth-order valence-corrected chi connectivity index (χ4v) is 7.85. The Labute approximate surface area is 246 Å². The summed E-state index contributed by atoms with van der Waals surface area (Å²) in [5, 5.41) is 14.6. The van der Waals surface area contributed by atoms with Crippen molar-refractivity contribution >= 4 is 34.6 Å². The number of hydrogen-bond acceptors (Lipinski definition) is 8. The maximum atomic E-state index is 15.0. The van der Waals surface area contributed by atoms with E-state index in [1.54, 1.807) is 24.5 Å². The molecule has 7 rings (SSSR count). The maximum Gasteiger partial charge on any atom is 0.274 e. The Kier molecular flexibility index (Phi) is 6.86. The average molecular weight is 586 g/mol. The molecule has 3 aliphatic rings. The SMILES string of the molecule is CN1CCC(c2ccc(Nc3cc(-c4nc(NC(=O)c5cc6c(s5)C5CCC6C5)ccc4F)cn(C)c3=O)nn2)CC1. The molecule has 216 valence electrons. The highest BCUT2D eigenvalue weighted by Crippen LogP contribution is 2.55. The van der Waals surface area contributed by atoms with E-state index in [0.29, 0.717) is 34.0 Å². The number of thiophene rings is 1. The van der Waals surface area contributed by atoms with Crippen LogP contribution in [0.15, 0.2) is 47.4 Å². The van der Waals surface area contributed by atoms with Crippen LogP contribution >= 0.6 is 11.3 Å². The summed E-state index contributed by atoms with van der Waals surface area (Å²) in [5.41, 5.74) is 2.59. The molecule has 1 saturated carbocycles. The van der Waals surface area contributed by atoms with Crippen molar-refractivity contribution in [2.45, 2.75) is 49.9 Å². The van der Waals surface area contributed by atoms with Gasteiger partial charge in [0.15, 0.2) is 5.82 Å². The second-order valence-electron chi connectivity index (χ2n) is 11.7. The number of pyridine rings is 2. The first kappa shape index (κ1) is 26.9. The zero-order valence-corrected chi connectivity index (χ0v) is 24.4. The predicted octanol–water partition coefficient (Wildman–Crippen LogP) is 5.61. The second kappa shape index (κ2) is 10.7. The van der Waals surface area contributed by atoms with Gasteiger partial charge < -0.3 is 20.1 Å². The number of piperidine rings is 1. The first-order valence-electron chi connectivity index (χ1n) is 14.4. The maximum absolute atomic E-state index is 15.0. The fourth-order valence-electron chi connectivity index (χ4n) is 6.56. The Hall–Kier alpha value is -3.96. The third-order valence-corrected chi connectivity index (χ3v) is 10.2. The molecule has 4 aromatic heterocycles. The summed E-state index contributed by atoms with van der Waals surface area (Å²) < 4.78 is 16.4. The molecule has 2 aliphatic carbocycles. The van der Waals surface area contributed by atoms with E-state index >= 15 is 4.39 Å². The topological polar surface area (TPSA) is 105 Å². The molecule has 2 bridgehead atoms. The Morgan fingerprint density at radius 3 is 2.52 bits per heavy atom. The van der Waals surface area contributed by atoms with E-state index in [1.165, 1.54) is 52.6 Å². The van der Waals surface area contributed by atoms with Crippen molar-refractivity contribution in [3.8, 4) is 11.3 Å². The van der Waals surface area contributed by atoms with Crippen LogP contribution in [0, 0.1) is 5.82 Å². The molecule has 9 nitrogen and oxygen atoms in total. The third-order valence-electron chi connectivity index (χ3n) is 8.89. The number of rotatable bonds is 6. The molecule has 11 heteroatoms. The number of aryl methyl sites for hydroxylation is 1. The van der Waals surface area contributed by atoms with Crippen LogP contribution in [-0.2, 0) is 7.05 Å². The summed E-state index contributed by atoms with van der Waals surface area (Å²) in [6.45, 7) is 2.06. The van der Waals surface area contributed by atoms with Crippen molar-refractivity contribution in [1.29, 1.82) is 0 Å². The van der Waals surface area contributed by atoms with Gasteiger partial charge in [-0.3, -0.25) is 9.59 Å². The number of halogens is 1. The lowest BCUT2D eigenvalue weighted by Crippen LogP contribution is -2.29. The highest BCUT2D eigenvalue weighted by molar-refractivity contribution is 7.14. The zero-order valence-electron chi connectivity index (χ0n) is 23.6. The van der Waals surface area contributed by atoms with Gasteiger partial charge in [-0.25, -0.2) is 9.37 Å². The van der Waals surface area contributed by atoms with Gasteiger partial charge in [0.05, 0.1) is 10.6 Å². The summed E-state index contributed by atoms with van der Waals surface area (Å²) in [6, 6.07) is 10.0. The number of likely N-dealkylation sites (tertiary alicyclic amines) is 1. The molecule has 2 unspecified atom stereocenters. The molecular formula is C31H32FN7O2S. The number of nitrogens with zero attached hydrogens (tertiary/aromatic N) is 5. The molecule has 4 aromatic rings. The largest absolute Gasteiger partial charge is 0.334 e. The minimum Gasteiger partial charge on any atom is -0.334 e. The summed E-state index contributed by atoms with van der Waals surface area (Å²) in [5.74, 6) is 1.39. The first-order valence-corrected chi connectivity index (χ1v) is 15.3. The van der Waals surface area contributed by atoms with Crippen LogP contribution in [0.2, 0.25) is 0 Å². The van der Waals surface area contributed by atoms with Crippen LogP contribution in [0.5, 0.6) is 0 Å². The Morgan fingerprint density at radius 1 is 0.976 bits per heavy atom. The average Bonchev–Trinajstić information content (AvgIpc) is 3.72.